The minimum Gasteiger partial charge on any atom is -0.496 e. The first-order valence-corrected chi connectivity index (χ1v) is 7.26. The van der Waals surface area contributed by atoms with Gasteiger partial charge in [0.05, 0.1) is 7.11 Å². The minimum atomic E-state index is 0.130. The molecule has 1 aliphatic carbocycles. The fraction of sp³-hybridized carbons (Fsp3) is 0.562. The highest BCUT2D eigenvalue weighted by atomic mass is 16.5. The van der Waals surface area contributed by atoms with Crippen molar-refractivity contribution in [3.8, 4) is 5.75 Å². The van der Waals surface area contributed by atoms with Crippen LogP contribution >= 0.6 is 0 Å². The summed E-state index contributed by atoms with van der Waals surface area (Å²) >= 11 is 0. The number of ether oxygens (including phenoxy) is 1. The van der Waals surface area contributed by atoms with Crippen LogP contribution in [0.15, 0.2) is 18.2 Å². The second-order valence-electron chi connectivity index (χ2n) is 5.51. The summed E-state index contributed by atoms with van der Waals surface area (Å²) in [7, 11) is 3.64. The van der Waals surface area contributed by atoms with Crippen LogP contribution in [0, 0.1) is 12.8 Å². The first kappa shape index (κ1) is 14.9. The van der Waals surface area contributed by atoms with Gasteiger partial charge in [-0.05, 0) is 51.3 Å². The van der Waals surface area contributed by atoms with Crippen molar-refractivity contribution in [2.24, 2.45) is 5.92 Å². The van der Waals surface area contributed by atoms with E-state index in [-0.39, 0.29) is 11.8 Å². The van der Waals surface area contributed by atoms with Gasteiger partial charge in [-0.25, -0.2) is 0 Å². The first-order valence-electron chi connectivity index (χ1n) is 7.26. The number of hydrogen-bond acceptors (Lipinski definition) is 3. The maximum Gasteiger partial charge on any atom is 0.227 e. The molecule has 1 aromatic rings. The Hall–Kier alpha value is -1.55. The van der Waals surface area contributed by atoms with Crippen LogP contribution < -0.4 is 15.4 Å². The maximum absolute atomic E-state index is 12.3. The van der Waals surface area contributed by atoms with Crippen LogP contribution in [0.5, 0.6) is 5.75 Å². The largest absolute Gasteiger partial charge is 0.496 e. The third-order valence-corrected chi connectivity index (χ3v) is 4.18. The molecule has 0 aliphatic heterocycles. The number of rotatable bonds is 4. The summed E-state index contributed by atoms with van der Waals surface area (Å²) < 4.78 is 5.28. The van der Waals surface area contributed by atoms with E-state index in [2.05, 4.69) is 10.6 Å². The number of amides is 1. The number of aryl methyl sites for hydroxylation is 1. The zero-order chi connectivity index (χ0) is 14.5. The van der Waals surface area contributed by atoms with Gasteiger partial charge < -0.3 is 15.4 Å². The number of methoxy groups -OCH3 is 1. The van der Waals surface area contributed by atoms with E-state index in [4.69, 9.17) is 4.74 Å². The lowest BCUT2D eigenvalue weighted by atomic mass is 9.85. The van der Waals surface area contributed by atoms with Crippen molar-refractivity contribution >= 4 is 11.6 Å². The number of carbonyl (C=O) groups excluding carboxylic acids is 1. The van der Waals surface area contributed by atoms with Gasteiger partial charge in [-0.3, -0.25) is 4.79 Å². The van der Waals surface area contributed by atoms with Crippen LogP contribution in [0.4, 0.5) is 5.69 Å². The van der Waals surface area contributed by atoms with Gasteiger partial charge in [0.25, 0.3) is 0 Å². The molecule has 110 valence electrons. The number of anilines is 1. The average molecular weight is 276 g/mol. The van der Waals surface area contributed by atoms with Crippen molar-refractivity contribution in [2.75, 3.05) is 19.5 Å². The second kappa shape index (κ2) is 6.75. The van der Waals surface area contributed by atoms with Gasteiger partial charge in [0.2, 0.25) is 5.91 Å². The molecule has 20 heavy (non-hydrogen) atoms. The Bertz CT molecular complexity index is 466. The van der Waals surface area contributed by atoms with Gasteiger partial charge >= 0.3 is 0 Å². The van der Waals surface area contributed by atoms with E-state index in [9.17, 15) is 4.79 Å². The Kier molecular flexibility index (Phi) is 5.01. The van der Waals surface area contributed by atoms with Gasteiger partial charge in [0.1, 0.15) is 5.75 Å². The fourth-order valence-electron chi connectivity index (χ4n) is 2.79. The monoisotopic (exact) mass is 276 g/mol. The van der Waals surface area contributed by atoms with Gasteiger partial charge in [-0.1, -0.05) is 6.07 Å². The summed E-state index contributed by atoms with van der Waals surface area (Å²) in [5, 5.41) is 6.29. The molecular formula is C16H24N2O2. The quantitative estimate of drug-likeness (QED) is 0.889. The maximum atomic E-state index is 12.3. The van der Waals surface area contributed by atoms with Crippen LogP contribution in [0.2, 0.25) is 0 Å². The molecule has 0 atom stereocenters. The number of benzene rings is 1. The molecule has 4 heteroatoms. The second-order valence-corrected chi connectivity index (χ2v) is 5.51. The molecule has 2 N–H and O–H groups in total. The summed E-state index contributed by atoms with van der Waals surface area (Å²) in [6.45, 7) is 1.99. The smallest absolute Gasteiger partial charge is 0.227 e. The molecule has 0 bridgehead atoms. The molecule has 0 radical (unpaired) electrons. The van der Waals surface area contributed by atoms with E-state index in [1.165, 1.54) is 0 Å². The Balaban J connectivity index is 1.95. The SMILES string of the molecule is CNC1CCC(C(=O)Nc2ccc(C)c(OC)c2)CC1. The molecular weight excluding hydrogens is 252 g/mol. The molecule has 0 unspecified atom stereocenters. The normalized spacial score (nSPS) is 22.4. The van der Waals surface area contributed by atoms with Crippen molar-refractivity contribution in [3.63, 3.8) is 0 Å². The molecule has 4 nitrogen and oxygen atoms in total. The standard InChI is InChI=1S/C16H24N2O2/c1-11-4-7-14(10-15(11)20-3)18-16(19)12-5-8-13(17-2)9-6-12/h4,7,10,12-13,17H,5-6,8-9H2,1-3H3,(H,18,19). The molecule has 0 heterocycles. The zero-order valence-corrected chi connectivity index (χ0v) is 12.5. The summed E-state index contributed by atoms with van der Waals surface area (Å²) in [6.07, 6.45) is 4.07. The van der Waals surface area contributed by atoms with Gasteiger partial charge in [0, 0.05) is 23.7 Å². The molecule has 1 fully saturated rings. The lowest BCUT2D eigenvalue weighted by Crippen LogP contribution is -2.34. The van der Waals surface area contributed by atoms with Crippen LogP contribution in [-0.4, -0.2) is 26.1 Å². The summed E-state index contributed by atoms with van der Waals surface area (Å²) in [5.41, 5.74) is 1.88. The average Bonchev–Trinajstić information content (AvgIpc) is 2.49. The molecule has 0 spiro atoms. The van der Waals surface area contributed by atoms with Gasteiger partial charge in [0.15, 0.2) is 0 Å². The molecule has 0 saturated heterocycles. The minimum absolute atomic E-state index is 0.130. The highest BCUT2D eigenvalue weighted by Crippen LogP contribution is 2.27. The summed E-state index contributed by atoms with van der Waals surface area (Å²) in [4.78, 5) is 12.3. The number of hydrogen-bond donors (Lipinski definition) is 2. The molecule has 1 saturated carbocycles. The lowest BCUT2D eigenvalue weighted by molar-refractivity contribution is -0.120. The highest BCUT2D eigenvalue weighted by Gasteiger charge is 2.25. The fourth-order valence-corrected chi connectivity index (χ4v) is 2.79. The predicted octanol–water partition coefficient (Wildman–Crippen LogP) is 2.72. The van der Waals surface area contributed by atoms with E-state index in [0.29, 0.717) is 6.04 Å². The molecule has 0 aromatic heterocycles. The molecule has 1 aromatic carbocycles. The van der Waals surface area contributed by atoms with Gasteiger partial charge in [-0.2, -0.15) is 0 Å². The number of carbonyl (C=O) groups is 1. The van der Waals surface area contributed by atoms with E-state index in [0.717, 1.165) is 42.7 Å². The van der Waals surface area contributed by atoms with Crippen molar-refractivity contribution in [1.29, 1.82) is 0 Å². The van der Waals surface area contributed by atoms with Crippen LogP contribution in [0.1, 0.15) is 31.2 Å². The predicted molar refractivity (Wildman–Crippen MR) is 81.2 cm³/mol. The van der Waals surface area contributed by atoms with Crippen LogP contribution in [0.25, 0.3) is 0 Å². The van der Waals surface area contributed by atoms with Gasteiger partial charge in [-0.15, -0.1) is 0 Å². The third kappa shape index (κ3) is 3.51. The third-order valence-electron chi connectivity index (χ3n) is 4.18. The molecule has 1 aliphatic rings. The van der Waals surface area contributed by atoms with Crippen molar-refractivity contribution in [3.05, 3.63) is 23.8 Å². The van der Waals surface area contributed by atoms with Crippen LogP contribution in [-0.2, 0) is 4.79 Å². The van der Waals surface area contributed by atoms with E-state index in [1.54, 1.807) is 7.11 Å². The van der Waals surface area contributed by atoms with Crippen LogP contribution in [0.3, 0.4) is 0 Å². The van der Waals surface area contributed by atoms with E-state index < -0.39 is 0 Å². The van der Waals surface area contributed by atoms with E-state index >= 15 is 0 Å². The van der Waals surface area contributed by atoms with Crippen molar-refractivity contribution in [2.45, 2.75) is 38.6 Å². The number of nitrogens with one attached hydrogen (secondary N) is 2. The Morgan fingerprint density at radius 3 is 2.55 bits per heavy atom. The molecule has 2 rings (SSSR count). The first-order chi connectivity index (χ1) is 9.63. The van der Waals surface area contributed by atoms with Crippen molar-refractivity contribution < 1.29 is 9.53 Å². The lowest BCUT2D eigenvalue weighted by Gasteiger charge is -2.27. The topological polar surface area (TPSA) is 50.4 Å². The van der Waals surface area contributed by atoms with Crippen molar-refractivity contribution in [1.82, 2.24) is 5.32 Å². The Labute approximate surface area is 120 Å². The zero-order valence-electron chi connectivity index (χ0n) is 12.5. The van der Waals surface area contributed by atoms with E-state index in [1.807, 2.05) is 32.2 Å². The summed E-state index contributed by atoms with van der Waals surface area (Å²) in [5.74, 6) is 1.07. The Morgan fingerprint density at radius 2 is 1.95 bits per heavy atom. The highest BCUT2D eigenvalue weighted by molar-refractivity contribution is 5.92. The summed E-state index contributed by atoms with van der Waals surface area (Å²) in [6, 6.07) is 6.34. The molecule has 1 amide bonds. The Morgan fingerprint density at radius 1 is 1.25 bits per heavy atom.